The van der Waals surface area contributed by atoms with Crippen LogP contribution < -0.4 is 5.32 Å². The Labute approximate surface area is 162 Å². The molecule has 1 amide bonds. The Morgan fingerprint density at radius 2 is 1.85 bits per heavy atom. The zero-order valence-electron chi connectivity index (χ0n) is 14.7. The summed E-state index contributed by atoms with van der Waals surface area (Å²) in [7, 11) is 0. The summed E-state index contributed by atoms with van der Waals surface area (Å²) in [5, 5.41) is 3.60. The summed E-state index contributed by atoms with van der Waals surface area (Å²) in [6, 6.07) is 10.6. The SMILES string of the molecule is Cc1cccc(NC(=O)C(C)OC(=O)C=Cc2ccc(Cl)c(Cl)c2)c1C. The van der Waals surface area contributed by atoms with Gasteiger partial charge in [-0.15, -0.1) is 0 Å². The lowest BCUT2D eigenvalue weighted by molar-refractivity contribution is -0.148. The smallest absolute Gasteiger partial charge is 0.331 e. The maximum atomic E-state index is 12.2. The number of esters is 1. The second-order valence-corrected chi connectivity index (χ2v) is 6.64. The van der Waals surface area contributed by atoms with E-state index in [0.717, 1.165) is 11.1 Å². The Bertz CT molecular complexity index is 862. The lowest BCUT2D eigenvalue weighted by atomic mass is 10.1. The summed E-state index contributed by atoms with van der Waals surface area (Å²) in [6.45, 7) is 5.40. The van der Waals surface area contributed by atoms with Crippen LogP contribution in [0, 0.1) is 13.8 Å². The minimum absolute atomic E-state index is 0.392. The fourth-order valence-corrected chi connectivity index (χ4v) is 2.47. The van der Waals surface area contributed by atoms with Gasteiger partial charge in [-0.25, -0.2) is 4.79 Å². The molecule has 1 unspecified atom stereocenters. The number of carbonyl (C=O) groups is 2. The normalized spacial score (nSPS) is 12.0. The molecule has 2 aromatic rings. The van der Waals surface area contributed by atoms with Gasteiger partial charge < -0.3 is 10.1 Å². The van der Waals surface area contributed by atoms with Crippen LogP contribution in [0.2, 0.25) is 10.0 Å². The summed E-state index contributed by atoms with van der Waals surface area (Å²) < 4.78 is 5.13. The van der Waals surface area contributed by atoms with Crippen LogP contribution in [0.5, 0.6) is 0 Å². The van der Waals surface area contributed by atoms with Gasteiger partial charge in [-0.3, -0.25) is 4.79 Å². The van der Waals surface area contributed by atoms with Crippen LogP contribution in [0.15, 0.2) is 42.5 Å². The predicted molar refractivity (Wildman–Crippen MR) is 106 cm³/mol. The van der Waals surface area contributed by atoms with Crippen molar-refractivity contribution in [3.8, 4) is 0 Å². The highest BCUT2D eigenvalue weighted by molar-refractivity contribution is 6.42. The number of carbonyl (C=O) groups excluding carboxylic acids is 2. The third kappa shape index (κ3) is 5.35. The van der Waals surface area contributed by atoms with E-state index >= 15 is 0 Å². The summed E-state index contributed by atoms with van der Waals surface area (Å²) in [5.41, 5.74) is 3.43. The molecule has 4 nitrogen and oxygen atoms in total. The van der Waals surface area contributed by atoms with Crippen molar-refractivity contribution in [1.29, 1.82) is 0 Å². The monoisotopic (exact) mass is 391 g/mol. The van der Waals surface area contributed by atoms with Crippen molar-refractivity contribution in [3.63, 3.8) is 0 Å². The van der Waals surface area contributed by atoms with E-state index < -0.39 is 18.0 Å². The van der Waals surface area contributed by atoms with E-state index in [2.05, 4.69) is 5.32 Å². The van der Waals surface area contributed by atoms with Gasteiger partial charge in [-0.2, -0.15) is 0 Å². The highest BCUT2D eigenvalue weighted by atomic mass is 35.5. The highest BCUT2D eigenvalue weighted by Gasteiger charge is 2.17. The summed E-state index contributed by atoms with van der Waals surface area (Å²) in [5.74, 6) is -1.02. The molecule has 2 aromatic carbocycles. The van der Waals surface area contributed by atoms with Crippen molar-refractivity contribution in [2.24, 2.45) is 0 Å². The highest BCUT2D eigenvalue weighted by Crippen LogP contribution is 2.23. The number of nitrogens with one attached hydrogen (secondary N) is 1. The fourth-order valence-electron chi connectivity index (χ4n) is 2.17. The van der Waals surface area contributed by atoms with Gasteiger partial charge in [-0.05, 0) is 61.7 Å². The third-order valence-corrected chi connectivity index (χ3v) is 4.62. The number of benzene rings is 2. The number of hydrogen-bond donors (Lipinski definition) is 1. The first-order chi connectivity index (χ1) is 12.3. The van der Waals surface area contributed by atoms with Crippen LogP contribution in [-0.4, -0.2) is 18.0 Å². The largest absolute Gasteiger partial charge is 0.449 e. The molecular weight excluding hydrogens is 373 g/mol. The Balaban J connectivity index is 1.95. The molecular formula is C20H19Cl2NO3. The Kier molecular flexibility index (Phi) is 6.83. The van der Waals surface area contributed by atoms with Crippen LogP contribution >= 0.6 is 23.2 Å². The van der Waals surface area contributed by atoms with E-state index in [4.69, 9.17) is 27.9 Å². The second kappa shape index (κ2) is 8.88. The van der Waals surface area contributed by atoms with Crippen LogP contribution in [0.25, 0.3) is 6.08 Å². The molecule has 0 fully saturated rings. The van der Waals surface area contributed by atoms with Gasteiger partial charge in [0, 0.05) is 11.8 Å². The molecule has 2 rings (SSSR count). The molecule has 1 atom stereocenters. The molecule has 0 aliphatic heterocycles. The van der Waals surface area contributed by atoms with E-state index in [1.165, 1.54) is 13.0 Å². The maximum absolute atomic E-state index is 12.2. The number of hydrogen-bond acceptors (Lipinski definition) is 3. The standard InChI is InChI=1S/C20H19Cl2NO3/c1-12-5-4-6-18(13(12)2)23-20(25)14(3)26-19(24)10-8-15-7-9-16(21)17(22)11-15/h4-11,14H,1-3H3,(H,23,25). The predicted octanol–water partition coefficient (Wildman–Crippen LogP) is 5.19. The van der Waals surface area contributed by atoms with Gasteiger partial charge >= 0.3 is 5.97 Å². The molecule has 0 saturated heterocycles. The van der Waals surface area contributed by atoms with Crippen LogP contribution in [0.1, 0.15) is 23.6 Å². The number of aryl methyl sites for hydroxylation is 1. The lowest BCUT2D eigenvalue weighted by Gasteiger charge is -2.14. The van der Waals surface area contributed by atoms with E-state index in [1.807, 2.05) is 26.0 Å². The van der Waals surface area contributed by atoms with Gasteiger partial charge in [-0.1, -0.05) is 41.4 Å². The molecule has 0 radical (unpaired) electrons. The average Bonchev–Trinajstić information content (AvgIpc) is 2.60. The first-order valence-corrected chi connectivity index (χ1v) is 8.74. The fraction of sp³-hybridized carbons (Fsp3) is 0.200. The van der Waals surface area contributed by atoms with Crippen molar-refractivity contribution in [1.82, 2.24) is 0 Å². The maximum Gasteiger partial charge on any atom is 0.331 e. The molecule has 1 N–H and O–H groups in total. The van der Waals surface area contributed by atoms with Crippen molar-refractivity contribution in [2.75, 3.05) is 5.32 Å². The summed E-state index contributed by atoms with van der Waals surface area (Å²) in [4.78, 5) is 24.1. The van der Waals surface area contributed by atoms with Crippen molar-refractivity contribution >= 4 is 46.8 Å². The minimum Gasteiger partial charge on any atom is -0.449 e. The van der Waals surface area contributed by atoms with Crippen molar-refractivity contribution < 1.29 is 14.3 Å². The van der Waals surface area contributed by atoms with E-state index in [0.29, 0.717) is 21.3 Å². The zero-order valence-corrected chi connectivity index (χ0v) is 16.2. The third-order valence-electron chi connectivity index (χ3n) is 3.88. The molecule has 136 valence electrons. The molecule has 0 bridgehead atoms. The van der Waals surface area contributed by atoms with Gasteiger partial charge in [0.05, 0.1) is 10.0 Å². The van der Waals surface area contributed by atoms with Crippen molar-refractivity contribution in [2.45, 2.75) is 26.9 Å². The van der Waals surface area contributed by atoms with E-state index in [-0.39, 0.29) is 0 Å². The van der Waals surface area contributed by atoms with E-state index in [9.17, 15) is 9.59 Å². The molecule has 0 spiro atoms. The van der Waals surface area contributed by atoms with Gasteiger partial charge in [0.25, 0.3) is 5.91 Å². The Morgan fingerprint density at radius 3 is 2.54 bits per heavy atom. The number of rotatable bonds is 5. The first-order valence-electron chi connectivity index (χ1n) is 7.98. The number of halogens is 2. The molecule has 0 saturated carbocycles. The van der Waals surface area contributed by atoms with E-state index in [1.54, 1.807) is 30.3 Å². The molecule has 0 aliphatic rings. The summed E-state index contributed by atoms with van der Waals surface area (Å²) in [6.07, 6.45) is 1.85. The topological polar surface area (TPSA) is 55.4 Å². The number of amides is 1. The molecule has 26 heavy (non-hydrogen) atoms. The number of ether oxygens (including phenoxy) is 1. The van der Waals surface area contributed by atoms with Gasteiger partial charge in [0.15, 0.2) is 6.10 Å². The minimum atomic E-state index is -0.930. The second-order valence-electron chi connectivity index (χ2n) is 5.82. The molecule has 0 aromatic heterocycles. The summed E-state index contributed by atoms with van der Waals surface area (Å²) >= 11 is 11.8. The van der Waals surface area contributed by atoms with Crippen LogP contribution in [-0.2, 0) is 14.3 Å². The van der Waals surface area contributed by atoms with Gasteiger partial charge in [0.2, 0.25) is 0 Å². The number of anilines is 1. The lowest BCUT2D eigenvalue weighted by Crippen LogP contribution is -2.29. The Morgan fingerprint density at radius 1 is 1.12 bits per heavy atom. The zero-order chi connectivity index (χ0) is 19.3. The van der Waals surface area contributed by atoms with Gasteiger partial charge in [0.1, 0.15) is 0 Å². The molecule has 0 aliphatic carbocycles. The molecule has 6 heteroatoms. The quantitative estimate of drug-likeness (QED) is 0.563. The van der Waals surface area contributed by atoms with Crippen LogP contribution in [0.4, 0.5) is 5.69 Å². The van der Waals surface area contributed by atoms with Crippen molar-refractivity contribution in [3.05, 3.63) is 69.2 Å². The first kappa shape index (κ1) is 20.0. The Hall–Kier alpha value is -2.30. The average molecular weight is 392 g/mol. The molecule has 0 heterocycles. The van der Waals surface area contributed by atoms with Crippen LogP contribution in [0.3, 0.4) is 0 Å².